The lowest BCUT2D eigenvalue weighted by Gasteiger charge is -2.36. The largest absolute Gasteiger partial charge is 0.493 e. The van der Waals surface area contributed by atoms with Crippen molar-refractivity contribution < 1.29 is 24.1 Å². The van der Waals surface area contributed by atoms with Gasteiger partial charge in [-0.3, -0.25) is 9.69 Å². The number of halogens is 3. The summed E-state index contributed by atoms with van der Waals surface area (Å²) in [4.78, 5) is 15.4. The number of ether oxygens (including phenoxy) is 3. The minimum atomic E-state index is -0.740. The van der Waals surface area contributed by atoms with Crippen LogP contribution in [0.25, 0.3) is 0 Å². The molecule has 2 aromatic carbocycles. The van der Waals surface area contributed by atoms with Gasteiger partial charge in [0.05, 0.1) is 20.8 Å². The molecule has 3 rings (SSSR count). The highest BCUT2D eigenvalue weighted by molar-refractivity contribution is 6.30. The molecule has 1 aliphatic rings. The molecule has 0 aliphatic carbocycles. The standard InChI is InChI=1S/C26H35ClN2O5.2ClH/c1-32-23-13-8-20(25(26(23)33-2)34-18-6-4-3-5-7-24(30)31)19-28-14-16-29(17-15-28)22-11-9-21(27)10-12-22;;/h8-13H,3-7,14-19H2,1-2H3,(H,30,31);2*1H. The maximum Gasteiger partial charge on any atom is 0.303 e. The fourth-order valence-corrected chi connectivity index (χ4v) is 4.31. The molecule has 0 unspecified atom stereocenters. The van der Waals surface area contributed by atoms with Crippen LogP contribution in [0.1, 0.15) is 37.7 Å². The Kier molecular flexibility index (Phi) is 14.8. The first-order valence-corrected chi connectivity index (χ1v) is 12.2. The van der Waals surface area contributed by atoms with Crippen molar-refractivity contribution in [3.63, 3.8) is 0 Å². The average Bonchev–Trinajstić information content (AvgIpc) is 2.84. The van der Waals surface area contributed by atoms with Gasteiger partial charge >= 0.3 is 5.97 Å². The molecule has 1 N–H and O–H groups in total. The molecule has 0 amide bonds. The minimum absolute atomic E-state index is 0. The first-order valence-electron chi connectivity index (χ1n) is 11.8. The van der Waals surface area contributed by atoms with E-state index in [2.05, 4.69) is 28.0 Å². The van der Waals surface area contributed by atoms with Crippen molar-refractivity contribution in [2.45, 2.75) is 38.6 Å². The Bertz CT molecular complexity index is 923. The Balaban J connectivity index is 0.00000324. The number of hydrogen-bond donors (Lipinski definition) is 1. The van der Waals surface area contributed by atoms with E-state index in [1.165, 1.54) is 5.69 Å². The third-order valence-electron chi connectivity index (χ3n) is 6.07. The van der Waals surface area contributed by atoms with Crippen LogP contribution >= 0.6 is 36.4 Å². The van der Waals surface area contributed by atoms with Gasteiger partial charge in [0, 0.05) is 55.4 Å². The second-order valence-corrected chi connectivity index (χ2v) is 8.87. The highest BCUT2D eigenvalue weighted by atomic mass is 35.5. The predicted molar refractivity (Wildman–Crippen MR) is 149 cm³/mol. The zero-order valence-electron chi connectivity index (χ0n) is 20.9. The van der Waals surface area contributed by atoms with Gasteiger partial charge < -0.3 is 24.2 Å². The fourth-order valence-electron chi connectivity index (χ4n) is 4.19. The van der Waals surface area contributed by atoms with Gasteiger partial charge in [0.25, 0.3) is 0 Å². The lowest BCUT2D eigenvalue weighted by atomic mass is 10.1. The van der Waals surface area contributed by atoms with Crippen molar-refractivity contribution >= 4 is 48.1 Å². The molecule has 1 aliphatic heterocycles. The molecular formula is C26H37Cl3N2O5. The first kappa shape index (κ1) is 32.0. The van der Waals surface area contributed by atoms with Gasteiger partial charge in [-0.05, 0) is 43.2 Å². The summed E-state index contributed by atoms with van der Waals surface area (Å²) in [6.45, 7) is 5.10. The molecule has 1 fully saturated rings. The Morgan fingerprint density at radius 2 is 1.56 bits per heavy atom. The van der Waals surface area contributed by atoms with Crippen LogP contribution in [0.3, 0.4) is 0 Å². The Labute approximate surface area is 231 Å². The van der Waals surface area contributed by atoms with E-state index < -0.39 is 5.97 Å². The summed E-state index contributed by atoms with van der Waals surface area (Å²) in [5.74, 6) is 1.25. The second-order valence-electron chi connectivity index (χ2n) is 8.44. The van der Waals surface area contributed by atoms with Gasteiger partial charge in [-0.25, -0.2) is 0 Å². The molecule has 2 aromatic rings. The smallest absolute Gasteiger partial charge is 0.303 e. The van der Waals surface area contributed by atoms with Crippen LogP contribution in [-0.4, -0.2) is 63.0 Å². The zero-order chi connectivity index (χ0) is 24.3. The molecule has 1 saturated heterocycles. The molecule has 1 heterocycles. The number of methoxy groups -OCH3 is 2. The average molecular weight is 564 g/mol. The van der Waals surface area contributed by atoms with E-state index in [4.69, 9.17) is 30.9 Å². The molecule has 202 valence electrons. The lowest BCUT2D eigenvalue weighted by molar-refractivity contribution is -0.137. The van der Waals surface area contributed by atoms with Crippen LogP contribution in [0.2, 0.25) is 5.02 Å². The quantitative estimate of drug-likeness (QED) is 0.303. The molecule has 36 heavy (non-hydrogen) atoms. The van der Waals surface area contributed by atoms with Gasteiger partial charge in [-0.2, -0.15) is 0 Å². The highest BCUT2D eigenvalue weighted by Crippen LogP contribution is 2.40. The summed E-state index contributed by atoms with van der Waals surface area (Å²) in [7, 11) is 3.25. The number of rotatable bonds is 13. The number of hydrogen-bond acceptors (Lipinski definition) is 6. The fraction of sp³-hybridized carbons (Fsp3) is 0.500. The van der Waals surface area contributed by atoms with Crippen molar-refractivity contribution in [1.29, 1.82) is 0 Å². The van der Waals surface area contributed by atoms with E-state index >= 15 is 0 Å². The van der Waals surface area contributed by atoms with Crippen LogP contribution in [0.15, 0.2) is 36.4 Å². The minimum Gasteiger partial charge on any atom is -0.493 e. The Hall–Kier alpha value is -2.06. The van der Waals surface area contributed by atoms with E-state index in [0.29, 0.717) is 24.5 Å². The third-order valence-corrected chi connectivity index (χ3v) is 6.32. The summed E-state index contributed by atoms with van der Waals surface area (Å²) in [6.07, 6.45) is 3.60. The maximum absolute atomic E-state index is 10.6. The van der Waals surface area contributed by atoms with Gasteiger partial charge in [0.2, 0.25) is 5.75 Å². The van der Waals surface area contributed by atoms with Crippen LogP contribution in [0, 0.1) is 0 Å². The number of piperazine rings is 1. The van der Waals surface area contributed by atoms with Gasteiger partial charge in [0.1, 0.15) is 0 Å². The van der Waals surface area contributed by atoms with E-state index in [9.17, 15) is 4.79 Å². The molecule has 0 saturated carbocycles. The third kappa shape index (κ3) is 9.43. The van der Waals surface area contributed by atoms with Crippen LogP contribution in [-0.2, 0) is 11.3 Å². The maximum atomic E-state index is 10.6. The molecule has 0 spiro atoms. The monoisotopic (exact) mass is 562 g/mol. The van der Waals surface area contributed by atoms with Gasteiger partial charge in [-0.1, -0.05) is 30.5 Å². The summed E-state index contributed by atoms with van der Waals surface area (Å²) in [5, 5.41) is 9.51. The van der Waals surface area contributed by atoms with Crippen molar-refractivity contribution in [2.24, 2.45) is 0 Å². The number of carboxylic acids is 1. The van der Waals surface area contributed by atoms with E-state index in [-0.39, 0.29) is 31.2 Å². The van der Waals surface area contributed by atoms with Crippen molar-refractivity contribution in [2.75, 3.05) is 51.9 Å². The molecule has 10 heteroatoms. The second kappa shape index (κ2) is 16.6. The van der Waals surface area contributed by atoms with E-state index in [0.717, 1.165) is 68.3 Å². The zero-order valence-corrected chi connectivity index (χ0v) is 23.3. The molecule has 0 aromatic heterocycles. The highest BCUT2D eigenvalue weighted by Gasteiger charge is 2.22. The van der Waals surface area contributed by atoms with Crippen LogP contribution < -0.4 is 19.1 Å². The molecular weight excluding hydrogens is 527 g/mol. The van der Waals surface area contributed by atoms with Gasteiger partial charge in [0.15, 0.2) is 11.5 Å². The SMILES string of the molecule is COc1ccc(CN2CCN(c3ccc(Cl)cc3)CC2)c(OCCCCCCC(=O)O)c1OC.Cl.Cl. The molecule has 0 atom stereocenters. The Morgan fingerprint density at radius 3 is 2.17 bits per heavy atom. The lowest BCUT2D eigenvalue weighted by Crippen LogP contribution is -2.46. The number of anilines is 1. The number of aliphatic carboxylic acids is 1. The summed E-state index contributed by atoms with van der Waals surface area (Å²) in [5.41, 5.74) is 2.27. The summed E-state index contributed by atoms with van der Waals surface area (Å²) < 4.78 is 17.3. The number of benzene rings is 2. The van der Waals surface area contributed by atoms with E-state index in [1.54, 1.807) is 14.2 Å². The van der Waals surface area contributed by atoms with Crippen molar-refractivity contribution in [3.8, 4) is 17.2 Å². The number of nitrogens with zero attached hydrogens (tertiary/aromatic N) is 2. The summed E-state index contributed by atoms with van der Waals surface area (Å²) in [6, 6.07) is 12.0. The number of unbranched alkanes of at least 4 members (excludes halogenated alkanes) is 3. The summed E-state index contributed by atoms with van der Waals surface area (Å²) >= 11 is 6.03. The topological polar surface area (TPSA) is 71.5 Å². The van der Waals surface area contributed by atoms with Crippen LogP contribution in [0.5, 0.6) is 17.2 Å². The first-order chi connectivity index (χ1) is 16.5. The number of carboxylic acid groups (broad SMARTS) is 1. The molecule has 0 radical (unpaired) electrons. The molecule has 7 nitrogen and oxygen atoms in total. The van der Waals surface area contributed by atoms with E-state index in [1.807, 2.05) is 18.2 Å². The Morgan fingerprint density at radius 1 is 0.889 bits per heavy atom. The normalized spacial score (nSPS) is 13.4. The predicted octanol–water partition coefficient (Wildman–Crippen LogP) is 5.94. The van der Waals surface area contributed by atoms with Crippen LogP contribution in [0.4, 0.5) is 5.69 Å². The molecule has 0 bridgehead atoms. The van der Waals surface area contributed by atoms with Gasteiger partial charge in [-0.15, -0.1) is 24.8 Å². The number of carbonyl (C=O) groups is 1. The van der Waals surface area contributed by atoms with Crippen molar-refractivity contribution in [3.05, 3.63) is 47.0 Å². The van der Waals surface area contributed by atoms with Crippen molar-refractivity contribution in [1.82, 2.24) is 4.90 Å².